The average Bonchev–Trinajstić information content (AvgIpc) is 2.96. The Labute approximate surface area is 128 Å². The topological polar surface area (TPSA) is 22.0 Å². The number of carbonyl (C=O) groups excluding carboxylic acids is 1. The van der Waals surface area contributed by atoms with Gasteiger partial charge in [-0.05, 0) is 42.0 Å². The van der Waals surface area contributed by atoms with Crippen LogP contribution in [0.15, 0.2) is 72.9 Å². The second-order valence-corrected chi connectivity index (χ2v) is 5.28. The minimum atomic E-state index is 0.00703. The molecule has 0 aliphatic rings. The van der Waals surface area contributed by atoms with Crippen LogP contribution >= 0.6 is 11.6 Å². The molecule has 0 aliphatic carbocycles. The summed E-state index contributed by atoms with van der Waals surface area (Å²) in [6, 6.07) is 20.8. The van der Waals surface area contributed by atoms with Gasteiger partial charge in [0.25, 0.3) is 0 Å². The lowest BCUT2D eigenvalue weighted by Gasteiger charge is -2.09. The fraction of sp³-hybridized carbons (Fsp3) is 0.0556. The third kappa shape index (κ3) is 3.06. The number of rotatable bonds is 4. The van der Waals surface area contributed by atoms with Crippen molar-refractivity contribution in [3.63, 3.8) is 0 Å². The molecule has 0 saturated heterocycles. The summed E-state index contributed by atoms with van der Waals surface area (Å²) >= 11 is 5.86. The van der Waals surface area contributed by atoms with E-state index in [1.165, 1.54) is 5.56 Å². The number of nitrogens with zero attached hydrogens (tertiary/aromatic N) is 1. The Balaban J connectivity index is 1.88. The zero-order valence-electron chi connectivity index (χ0n) is 11.4. The molecule has 0 spiro atoms. The SMILES string of the molecule is O=C(c1ccc(Cl)cc1)c1cccn1Cc1ccccc1. The fourth-order valence-electron chi connectivity index (χ4n) is 2.29. The molecule has 0 bridgehead atoms. The zero-order chi connectivity index (χ0) is 14.7. The van der Waals surface area contributed by atoms with Gasteiger partial charge in [0.2, 0.25) is 5.78 Å². The highest BCUT2D eigenvalue weighted by atomic mass is 35.5. The lowest BCUT2D eigenvalue weighted by atomic mass is 10.1. The van der Waals surface area contributed by atoms with E-state index in [-0.39, 0.29) is 5.78 Å². The number of carbonyl (C=O) groups is 1. The summed E-state index contributed by atoms with van der Waals surface area (Å²) in [6.07, 6.45) is 1.93. The maximum atomic E-state index is 12.6. The van der Waals surface area contributed by atoms with Crippen molar-refractivity contribution >= 4 is 17.4 Å². The van der Waals surface area contributed by atoms with Gasteiger partial charge in [-0.25, -0.2) is 0 Å². The van der Waals surface area contributed by atoms with E-state index in [1.807, 2.05) is 41.1 Å². The van der Waals surface area contributed by atoms with Gasteiger partial charge in [0.05, 0.1) is 5.69 Å². The standard InChI is InChI=1S/C18H14ClNO/c19-16-10-8-15(9-11-16)18(21)17-7-4-12-20(17)13-14-5-2-1-3-6-14/h1-12H,13H2. The first-order chi connectivity index (χ1) is 10.2. The molecular formula is C18H14ClNO. The molecule has 3 aromatic rings. The Morgan fingerprint density at radius 2 is 1.62 bits per heavy atom. The molecule has 0 unspecified atom stereocenters. The van der Waals surface area contributed by atoms with Crippen molar-refractivity contribution in [1.82, 2.24) is 4.57 Å². The van der Waals surface area contributed by atoms with Gasteiger partial charge in [0.1, 0.15) is 0 Å². The van der Waals surface area contributed by atoms with Crippen molar-refractivity contribution in [3.05, 3.63) is 94.8 Å². The zero-order valence-corrected chi connectivity index (χ0v) is 12.1. The maximum absolute atomic E-state index is 12.6. The summed E-state index contributed by atoms with van der Waals surface area (Å²) in [6.45, 7) is 0.683. The summed E-state index contributed by atoms with van der Waals surface area (Å²) in [4.78, 5) is 12.6. The molecule has 21 heavy (non-hydrogen) atoms. The monoisotopic (exact) mass is 295 g/mol. The molecule has 104 valence electrons. The van der Waals surface area contributed by atoms with Crippen LogP contribution in [0.5, 0.6) is 0 Å². The van der Waals surface area contributed by atoms with E-state index in [0.29, 0.717) is 22.8 Å². The van der Waals surface area contributed by atoms with Crippen LogP contribution in [0.25, 0.3) is 0 Å². The second kappa shape index (κ2) is 5.98. The smallest absolute Gasteiger partial charge is 0.209 e. The van der Waals surface area contributed by atoms with Crippen LogP contribution in [0.3, 0.4) is 0 Å². The van der Waals surface area contributed by atoms with Gasteiger partial charge < -0.3 is 4.57 Å². The highest BCUT2D eigenvalue weighted by Crippen LogP contribution is 2.15. The summed E-state index contributed by atoms with van der Waals surface area (Å²) < 4.78 is 1.96. The second-order valence-electron chi connectivity index (χ2n) is 4.84. The molecular weight excluding hydrogens is 282 g/mol. The number of ketones is 1. The quantitative estimate of drug-likeness (QED) is 0.653. The predicted molar refractivity (Wildman–Crippen MR) is 84.9 cm³/mol. The predicted octanol–water partition coefficient (Wildman–Crippen LogP) is 4.42. The van der Waals surface area contributed by atoms with Crippen LogP contribution in [-0.2, 0) is 6.54 Å². The van der Waals surface area contributed by atoms with E-state index in [9.17, 15) is 4.79 Å². The van der Waals surface area contributed by atoms with Crippen LogP contribution in [0.2, 0.25) is 5.02 Å². The third-order valence-corrected chi connectivity index (χ3v) is 3.62. The van der Waals surface area contributed by atoms with Crippen molar-refractivity contribution in [1.29, 1.82) is 0 Å². The van der Waals surface area contributed by atoms with Crippen LogP contribution in [0.1, 0.15) is 21.6 Å². The minimum Gasteiger partial charge on any atom is -0.340 e. The first kappa shape index (κ1) is 13.7. The maximum Gasteiger partial charge on any atom is 0.209 e. The molecule has 0 radical (unpaired) electrons. The van der Waals surface area contributed by atoms with Crippen LogP contribution < -0.4 is 0 Å². The number of halogens is 1. The van der Waals surface area contributed by atoms with E-state index < -0.39 is 0 Å². The van der Waals surface area contributed by atoms with Crippen LogP contribution in [-0.4, -0.2) is 10.4 Å². The van der Waals surface area contributed by atoms with E-state index in [4.69, 9.17) is 11.6 Å². The highest BCUT2D eigenvalue weighted by molar-refractivity contribution is 6.30. The molecule has 0 fully saturated rings. The number of benzene rings is 2. The minimum absolute atomic E-state index is 0.00703. The molecule has 0 atom stereocenters. The molecule has 3 rings (SSSR count). The molecule has 2 aromatic carbocycles. The lowest BCUT2D eigenvalue weighted by molar-refractivity contribution is 0.103. The first-order valence-electron chi connectivity index (χ1n) is 6.73. The number of hydrogen-bond donors (Lipinski definition) is 0. The molecule has 1 aromatic heterocycles. The van der Waals surface area contributed by atoms with Gasteiger partial charge >= 0.3 is 0 Å². The number of hydrogen-bond acceptors (Lipinski definition) is 1. The lowest BCUT2D eigenvalue weighted by Crippen LogP contribution is -2.10. The van der Waals surface area contributed by atoms with Crippen molar-refractivity contribution in [3.8, 4) is 0 Å². The van der Waals surface area contributed by atoms with Gasteiger partial charge in [-0.2, -0.15) is 0 Å². The molecule has 3 heteroatoms. The van der Waals surface area contributed by atoms with Crippen LogP contribution in [0.4, 0.5) is 0 Å². The summed E-state index contributed by atoms with van der Waals surface area (Å²) in [7, 11) is 0. The van der Waals surface area contributed by atoms with Gasteiger partial charge in [-0.3, -0.25) is 4.79 Å². The van der Waals surface area contributed by atoms with Gasteiger partial charge in [0, 0.05) is 23.3 Å². The van der Waals surface area contributed by atoms with E-state index in [0.717, 1.165) is 0 Å². The van der Waals surface area contributed by atoms with Crippen molar-refractivity contribution in [2.24, 2.45) is 0 Å². The van der Waals surface area contributed by atoms with Gasteiger partial charge in [-0.1, -0.05) is 41.9 Å². The Hall–Kier alpha value is -2.32. The molecule has 0 amide bonds. The van der Waals surface area contributed by atoms with Gasteiger partial charge in [0.15, 0.2) is 0 Å². The molecule has 0 N–H and O–H groups in total. The first-order valence-corrected chi connectivity index (χ1v) is 7.11. The Bertz CT molecular complexity index is 744. The summed E-state index contributed by atoms with van der Waals surface area (Å²) in [5.41, 5.74) is 2.49. The number of aromatic nitrogens is 1. The fourth-order valence-corrected chi connectivity index (χ4v) is 2.41. The Morgan fingerprint density at radius 1 is 0.905 bits per heavy atom. The summed E-state index contributed by atoms with van der Waals surface area (Å²) in [5, 5.41) is 0.631. The van der Waals surface area contributed by atoms with Crippen molar-refractivity contribution < 1.29 is 4.79 Å². The van der Waals surface area contributed by atoms with Gasteiger partial charge in [-0.15, -0.1) is 0 Å². The Kier molecular flexibility index (Phi) is 3.89. The van der Waals surface area contributed by atoms with E-state index in [1.54, 1.807) is 24.3 Å². The van der Waals surface area contributed by atoms with Crippen LogP contribution in [0, 0.1) is 0 Å². The normalized spacial score (nSPS) is 10.5. The summed E-state index contributed by atoms with van der Waals surface area (Å²) in [5.74, 6) is 0.00703. The molecule has 2 nitrogen and oxygen atoms in total. The van der Waals surface area contributed by atoms with Crippen molar-refractivity contribution in [2.75, 3.05) is 0 Å². The highest BCUT2D eigenvalue weighted by Gasteiger charge is 2.13. The molecule has 0 saturated carbocycles. The average molecular weight is 296 g/mol. The Morgan fingerprint density at radius 3 is 2.33 bits per heavy atom. The molecule has 1 heterocycles. The largest absolute Gasteiger partial charge is 0.340 e. The van der Waals surface area contributed by atoms with Crippen molar-refractivity contribution in [2.45, 2.75) is 6.54 Å². The van der Waals surface area contributed by atoms with E-state index in [2.05, 4.69) is 12.1 Å². The van der Waals surface area contributed by atoms with E-state index >= 15 is 0 Å². The third-order valence-electron chi connectivity index (χ3n) is 3.36. The molecule has 0 aliphatic heterocycles.